The summed E-state index contributed by atoms with van der Waals surface area (Å²) in [5.74, 6) is -1.85. The molecule has 0 N–H and O–H groups in total. The Morgan fingerprint density at radius 2 is 1.65 bits per heavy atom. The van der Waals surface area contributed by atoms with Gasteiger partial charge in [0.05, 0.1) is 4.90 Å². The lowest BCUT2D eigenvalue weighted by Crippen LogP contribution is -2.48. The van der Waals surface area contributed by atoms with Gasteiger partial charge in [-0.15, -0.1) is 0 Å². The van der Waals surface area contributed by atoms with Crippen molar-refractivity contribution in [3.63, 3.8) is 0 Å². The minimum absolute atomic E-state index is 0.0324. The van der Waals surface area contributed by atoms with Crippen LogP contribution in [0, 0.1) is 18.6 Å². The topological polar surface area (TPSA) is 60.9 Å². The normalized spacial score (nSPS) is 18.7. The van der Waals surface area contributed by atoms with Gasteiger partial charge < -0.3 is 9.80 Å². The number of carbonyl (C=O) groups excluding carboxylic acids is 1. The van der Waals surface area contributed by atoms with Crippen molar-refractivity contribution in [2.45, 2.75) is 37.2 Å². The average Bonchev–Trinajstić information content (AvgIpc) is 3.07. The summed E-state index contributed by atoms with van der Waals surface area (Å²) in [6.07, 6.45) is 0.974. The number of carbonyl (C=O) groups is 1. The molecule has 0 atom stereocenters. The van der Waals surface area contributed by atoms with Crippen LogP contribution in [-0.2, 0) is 16.6 Å². The number of piperidine rings is 1. The molecule has 166 valence electrons. The fourth-order valence-electron chi connectivity index (χ4n) is 4.34. The van der Waals surface area contributed by atoms with Crippen LogP contribution in [-0.4, -0.2) is 60.8 Å². The average molecular weight is 450 g/mol. The largest absolute Gasteiger partial charge is 0.320 e. The van der Waals surface area contributed by atoms with E-state index in [1.807, 2.05) is 34.9 Å². The molecular formula is C22H25F2N3O3S. The van der Waals surface area contributed by atoms with Gasteiger partial charge in [0.15, 0.2) is 0 Å². The van der Waals surface area contributed by atoms with Gasteiger partial charge in [0.25, 0.3) is 0 Å². The molecule has 2 heterocycles. The lowest BCUT2D eigenvalue weighted by molar-refractivity contribution is 0.153. The molecule has 6 nitrogen and oxygen atoms in total. The summed E-state index contributed by atoms with van der Waals surface area (Å²) in [6, 6.07) is 10.3. The molecule has 4 rings (SSSR count). The Bertz CT molecular complexity index is 1060. The van der Waals surface area contributed by atoms with Gasteiger partial charge in [0.2, 0.25) is 10.0 Å². The van der Waals surface area contributed by atoms with Crippen molar-refractivity contribution in [1.29, 1.82) is 0 Å². The van der Waals surface area contributed by atoms with Crippen LogP contribution < -0.4 is 0 Å². The van der Waals surface area contributed by atoms with Crippen molar-refractivity contribution in [3.05, 3.63) is 65.2 Å². The third-order valence-electron chi connectivity index (χ3n) is 5.92. The molecule has 2 saturated heterocycles. The van der Waals surface area contributed by atoms with E-state index in [0.29, 0.717) is 38.5 Å². The number of aryl methyl sites for hydroxylation is 1. The maximum atomic E-state index is 13.5. The molecule has 2 aliphatic heterocycles. The van der Waals surface area contributed by atoms with Crippen molar-refractivity contribution in [2.75, 3.05) is 26.2 Å². The standard InChI is InChI=1S/C22H25F2N3O3S/c1-16-3-2-4-17(11-16)15-25-9-10-27(22(25)28)20-5-7-26(8-6-20)31(29,30)21-13-18(23)12-19(24)14-21/h2-4,11-14,20H,5-10,15H2,1H3. The number of urea groups is 1. The molecule has 2 fully saturated rings. The molecule has 0 aliphatic carbocycles. The second-order valence-corrected chi connectivity index (χ2v) is 10.1. The lowest BCUT2D eigenvalue weighted by atomic mass is 10.1. The third-order valence-corrected chi connectivity index (χ3v) is 7.80. The quantitative estimate of drug-likeness (QED) is 0.703. The van der Waals surface area contributed by atoms with Crippen molar-refractivity contribution in [1.82, 2.24) is 14.1 Å². The van der Waals surface area contributed by atoms with E-state index < -0.39 is 21.7 Å². The molecular weight excluding hydrogens is 424 g/mol. The van der Waals surface area contributed by atoms with Gasteiger partial charge >= 0.3 is 6.03 Å². The Morgan fingerprint density at radius 1 is 0.968 bits per heavy atom. The number of benzene rings is 2. The fourth-order valence-corrected chi connectivity index (χ4v) is 5.85. The van der Waals surface area contributed by atoms with Crippen LogP contribution in [0.5, 0.6) is 0 Å². The summed E-state index contributed by atoms with van der Waals surface area (Å²) in [4.78, 5) is 16.2. The maximum absolute atomic E-state index is 13.5. The van der Waals surface area contributed by atoms with Gasteiger partial charge in [-0.2, -0.15) is 4.31 Å². The van der Waals surface area contributed by atoms with E-state index in [-0.39, 0.29) is 30.1 Å². The summed E-state index contributed by atoms with van der Waals surface area (Å²) >= 11 is 0. The van der Waals surface area contributed by atoms with E-state index >= 15 is 0 Å². The Balaban J connectivity index is 1.38. The monoisotopic (exact) mass is 449 g/mol. The number of amides is 2. The zero-order chi connectivity index (χ0) is 22.2. The number of halogens is 2. The van der Waals surface area contributed by atoms with Gasteiger partial charge in [-0.3, -0.25) is 0 Å². The lowest BCUT2D eigenvalue weighted by Gasteiger charge is -2.35. The Morgan fingerprint density at radius 3 is 2.29 bits per heavy atom. The highest BCUT2D eigenvalue weighted by Gasteiger charge is 2.37. The Hall–Kier alpha value is -2.52. The molecule has 0 bridgehead atoms. The van der Waals surface area contributed by atoms with Crippen molar-refractivity contribution >= 4 is 16.1 Å². The number of nitrogens with zero attached hydrogens (tertiary/aromatic N) is 3. The summed E-state index contributed by atoms with van der Waals surface area (Å²) < 4.78 is 53.7. The predicted molar refractivity (Wildman–Crippen MR) is 112 cm³/mol. The first-order chi connectivity index (χ1) is 14.7. The SMILES string of the molecule is Cc1cccc(CN2CCN(C3CCN(S(=O)(=O)c4cc(F)cc(F)c4)CC3)C2=O)c1. The number of hydrogen-bond acceptors (Lipinski definition) is 3. The molecule has 31 heavy (non-hydrogen) atoms. The first kappa shape index (κ1) is 21.7. The molecule has 0 saturated carbocycles. The highest BCUT2D eigenvalue weighted by Crippen LogP contribution is 2.27. The van der Waals surface area contributed by atoms with Gasteiger partial charge in [0.1, 0.15) is 11.6 Å². The molecule has 0 unspecified atom stereocenters. The predicted octanol–water partition coefficient (Wildman–Crippen LogP) is 3.36. The first-order valence-corrected chi connectivity index (χ1v) is 11.8. The minimum atomic E-state index is -3.98. The summed E-state index contributed by atoms with van der Waals surface area (Å²) in [5.41, 5.74) is 2.23. The minimum Gasteiger partial charge on any atom is -0.320 e. The van der Waals surface area contributed by atoms with Crippen LogP contribution in [0.15, 0.2) is 47.4 Å². The second kappa shape index (κ2) is 8.55. The maximum Gasteiger partial charge on any atom is 0.320 e. The molecule has 9 heteroatoms. The smallest absolute Gasteiger partial charge is 0.320 e. The summed E-state index contributed by atoms with van der Waals surface area (Å²) in [5, 5.41) is 0. The van der Waals surface area contributed by atoms with Crippen LogP contribution in [0.3, 0.4) is 0 Å². The van der Waals surface area contributed by atoms with Crippen molar-refractivity contribution in [3.8, 4) is 0 Å². The van der Waals surface area contributed by atoms with E-state index in [2.05, 4.69) is 6.07 Å². The zero-order valence-corrected chi connectivity index (χ0v) is 18.1. The zero-order valence-electron chi connectivity index (χ0n) is 17.3. The van der Waals surface area contributed by atoms with E-state index in [1.54, 1.807) is 0 Å². The van der Waals surface area contributed by atoms with Gasteiger partial charge in [-0.1, -0.05) is 29.8 Å². The van der Waals surface area contributed by atoms with Crippen LogP contribution in [0.4, 0.5) is 13.6 Å². The summed E-state index contributed by atoms with van der Waals surface area (Å²) in [6.45, 7) is 4.21. The number of hydrogen-bond donors (Lipinski definition) is 0. The molecule has 0 spiro atoms. The summed E-state index contributed by atoms with van der Waals surface area (Å²) in [7, 11) is -3.98. The van der Waals surface area contributed by atoms with Crippen LogP contribution in [0.25, 0.3) is 0 Å². The molecule has 2 amide bonds. The van der Waals surface area contributed by atoms with Crippen LogP contribution in [0.1, 0.15) is 24.0 Å². The third kappa shape index (κ3) is 4.57. The Labute approximate surface area is 181 Å². The fraction of sp³-hybridized carbons (Fsp3) is 0.409. The van der Waals surface area contributed by atoms with E-state index in [0.717, 1.165) is 23.3 Å². The van der Waals surface area contributed by atoms with Gasteiger partial charge in [-0.25, -0.2) is 22.0 Å². The molecule has 0 radical (unpaired) electrons. The number of sulfonamides is 1. The van der Waals surface area contributed by atoms with Crippen LogP contribution in [0.2, 0.25) is 0 Å². The molecule has 2 aromatic rings. The number of rotatable bonds is 5. The van der Waals surface area contributed by atoms with Crippen LogP contribution >= 0.6 is 0 Å². The van der Waals surface area contributed by atoms with Crippen molar-refractivity contribution in [2.24, 2.45) is 0 Å². The highest BCUT2D eigenvalue weighted by atomic mass is 32.2. The Kier molecular flexibility index (Phi) is 5.98. The molecule has 0 aromatic heterocycles. The van der Waals surface area contributed by atoms with E-state index in [4.69, 9.17) is 0 Å². The molecule has 2 aromatic carbocycles. The van der Waals surface area contributed by atoms with Gasteiger partial charge in [-0.05, 0) is 37.5 Å². The van der Waals surface area contributed by atoms with Gasteiger partial charge in [0, 0.05) is 44.8 Å². The first-order valence-electron chi connectivity index (χ1n) is 10.3. The highest BCUT2D eigenvalue weighted by molar-refractivity contribution is 7.89. The van der Waals surface area contributed by atoms with Crippen molar-refractivity contribution < 1.29 is 22.0 Å². The second-order valence-electron chi connectivity index (χ2n) is 8.13. The van der Waals surface area contributed by atoms with E-state index in [1.165, 1.54) is 4.31 Å². The molecule has 2 aliphatic rings. The van der Waals surface area contributed by atoms with E-state index in [9.17, 15) is 22.0 Å².